The van der Waals surface area contributed by atoms with Crippen molar-refractivity contribution in [3.63, 3.8) is 0 Å². The van der Waals surface area contributed by atoms with Gasteiger partial charge in [0.05, 0.1) is 5.00 Å². The summed E-state index contributed by atoms with van der Waals surface area (Å²) in [5.41, 5.74) is 1.31. The van der Waals surface area contributed by atoms with E-state index in [1.807, 2.05) is 18.4 Å². The van der Waals surface area contributed by atoms with Gasteiger partial charge in [0.25, 0.3) is 0 Å². The molecule has 1 aliphatic rings. The highest BCUT2D eigenvalue weighted by molar-refractivity contribution is 7.14. The van der Waals surface area contributed by atoms with Crippen molar-refractivity contribution >= 4 is 33.6 Å². The molecule has 118 valence electrons. The monoisotopic (exact) mass is 334 g/mol. The van der Waals surface area contributed by atoms with Crippen LogP contribution in [-0.2, 0) is 6.54 Å². The van der Waals surface area contributed by atoms with Crippen LogP contribution < -0.4 is 15.5 Å². The summed E-state index contributed by atoms with van der Waals surface area (Å²) in [5.74, 6) is 0.903. The molecular formula is C16H22N4S2. The molecule has 1 saturated heterocycles. The van der Waals surface area contributed by atoms with Crippen molar-refractivity contribution in [1.29, 1.82) is 0 Å². The minimum absolute atomic E-state index is 0.505. The lowest BCUT2D eigenvalue weighted by Crippen LogP contribution is -2.48. The Bertz CT molecular complexity index is 569. The lowest BCUT2D eigenvalue weighted by Gasteiger charge is -2.33. The van der Waals surface area contributed by atoms with Gasteiger partial charge in [-0.3, -0.25) is 4.99 Å². The van der Waals surface area contributed by atoms with Crippen LogP contribution in [0.3, 0.4) is 0 Å². The lowest BCUT2D eigenvalue weighted by atomic mass is 10.1. The van der Waals surface area contributed by atoms with Crippen LogP contribution in [0.25, 0.3) is 0 Å². The Hall–Kier alpha value is -1.53. The Morgan fingerprint density at radius 1 is 1.32 bits per heavy atom. The number of aliphatic imine (C=N–C) groups is 1. The van der Waals surface area contributed by atoms with Gasteiger partial charge in [0.15, 0.2) is 5.96 Å². The molecule has 1 aliphatic heterocycles. The maximum Gasteiger partial charge on any atom is 0.191 e. The van der Waals surface area contributed by atoms with Crippen LogP contribution in [0.4, 0.5) is 5.00 Å². The van der Waals surface area contributed by atoms with Crippen LogP contribution >= 0.6 is 22.7 Å². The normalized spacial score (nSPS) is 16.8. The Morgan fingerprint density at radius 3 is 2.82 bits per heavy atom. The van der Waals surface area contributed by atoms with Crippen molar-refractivity contribution in [2.24, 2.45) is 4.99 Å². The van der Waals surface area contributed by atoms with E-state index in [1.54, 1.807) is 11.3 Å². The van der Waals surface area contributed by atoms with Crippen LogP contribution in [-0.4, -0.2) is 32.1 Å². The van der Waals surface area contributed by atoms with Gasteiger partial charge >= 0.3 is 0 Å². The van der Waals surface area contributed by atoms with Crippen LogP contribution in [0, 0.1) is 0 Å². The molecule has 4 nitrogen and oxygen atoms in total. The van der Waals surface area contributed by atoms with Crippen molar-refractivity contribution in [2.75, 3.05) is 25.0 Å². The largest absolute Gasteiger partial charge is 0.363 e. The molecule has 6 heteroatoms. The van der Waals surface area contributed by atoms with E-state index >= 15 is 0 Å². The fraction of sp³-hybridized carbons (Fsp3) is 0.438. The fourth-order valence-electron chi connectivity index (χ4n) is 2.66. The molecule has 0 bridgehead atoms. The minimum atomic E-state index is 0.505. The molecule has 1 fully saturated rings. The first-order valence-corrected chi connectivity index (χ1v) is 9.44. The molecule has 0 saturated carbocycles. The minimum Gasteiger partial charge on any atom is -0.363 e. The van der Waals surface area contributed by atoms with Crippen molar-refractivity contribution in [3.8, 4) is 0 Å². The predicted molar refractivity (Wildman–Crippen MR) is 97.2 cm³/mol. The smallest absolute Gasteiger partial charge is 0.191 e. The number of rotatable bonds is 4. The molecule has 0 unspecified atom stereocenters. The predicted octanol–water partition coefficient (Wildman–Crippen LogP) is 3.14. The third-order valence-corrected chi connectivity index (χ3v) is 5.58. The molecule has 0 aromatic carbocycles. The molecule has 22 heavy (non-hydrogen) atoms. The van der Waals surface area contributed by atoms with Crippen molar-refractivity contribution < 1.29 is 0 Å². The number of hydrogen-bond acceptors (Lipinski definition) is 4. The molecular weight excluding hydrogens is 312 g/mol. The molecule has 2 N–H and O–H groups in total. The van der Waals surface area contributed by atoms with Crippen LogP contribution in [0.2, 0.25) is 0 Å². The van der Waals surface area contributed by atoms with E-state index in [1.165, 1.54) is 10.6 Å². The molecule has 2 aromatic rings. The van der Waals surface area contributed by atoms with Gasteiger partial charge in [0.2, 0.25) is 0 Å². The zero-order valence-corrected chi connectivity index (χ0v) is 14.4. The Kier molecular flexibility index (Phi) is 5.34. The van der Waals surface area contributed by atoms with Gasteiger partial charge < -0.3 is 15.5 Å². The zero-order valence-electron chi connectivity index (χ0n) is 12.8. The van der Waals surface area contributed by atoms with Gasteiger partial charge in [-0.25, -0.2) is 0 Å². The van der Waals surface area contributed by atoms with Crippen molar-refractivity contribution in [2.45, 2.75) is 25.4 Å². The number of nitrogens with zero attached hydrogens (tertiary/aromatic N) is 2. The number of hydrogen-bond donors (Lipinski definition) is 2. The molecule has 0 spiro atoms. The van der Waals surface area contributed by atoms with Gasteiger partial charge in [-0.15, -0.1) is 11.3 Å². The highest BCUT2D eigenvalue weighted by Crippen LogP contribution is 2.24. The summed E-state index contributed by atoms with van der Waals surface area (Å²) < 4.78 is 0. The number of anilines is 1. The van der Waals surface area contributed by atoms with E-state index in [-0.39, 0.29) is 0 Å². The van der Waals surface area contributed by atoms with Gasteiger partial charge in [0, 0.05) is 32.7 Å². The van der Waals surface area contributed by atoms with Gasteiger partial charge in [-0.2, -0.15) is 11.3 Å². The Morgan fingerprint density at radius 2 is 2.18 bits per heavy atom. The highest BCUT2D eigenvalue weighted by Gasteiger charge is 2.20. The molecule has 2 aromatic heterocycles. The second kappa shape index (κ2) is 7.65. The summed E-state index contributed by atoms with van der Waals surface area (Å²) in [7, 11) is 1.84. The van der Waals surface area contributed by atoms with E-state index in [0.29, 0.717) is 6.04 Å². The molecule has 0 amide bonds. The summed E-state index contributed by atoms with van der Waals surface area (Å²) >= 11 is 3.55. The van der Waals surface area contributed by atoms with E-state index in [4.69, 9.17) is 0 Å². The third-order valence-electron chi connectivity index (χ3n) is 3.92. The number of piperidine rings is 1. The molecule has 0 atom stereocenters. The first-order chi connectivity index (χ1) is 10.8. The summed E-state index contributed by atoms with van der Waals surface area (Å²) in [5, 5.41) is 14.8. The second-order valence-electron chi connectivity index (χ2n) is 5.41. The standard InChI is InChI=1S/C16H22N4S2/c1-17-16(18-11-13-6-10-21-12-13)19-14-4-7-20(8-5-14)15-3-2-9-22-15/h2-3,6,9-10,12,14H,4-5,7-8,11H2,1H3,(H2,17,18,19). The lowest BCUT2D eigenvalue weighted by molar-refractivity contribution is 0.463. The van der Waals surface area contributed by atoms with Crippen LogP contribution in [0.1, 0.15) is 18.4 Å². The summed E-state index contributed by atoms with van der Waals surface area (Å²) in [4.78, 5) is 6.81. The SMILES string of the molecule is CN=C(NCc1ccsc1)NC1CCN(c2cccs2)CC1. The van der Waals surface area contributed by atoms with Crippen LogP contribution in [0.5, 0.6) is 0 Å². The van der Waals surface area contributed by atoms with E-state index in [9.17, 15) is 0 Å². The summed E-state index contributed by atoms with van der Waals surface area (Å²) in [6, 6.07) is 6.98. The quantitative estimate of drug-likeness (QED) is 0.666. The molecule has 0 aliphatic carbocycles. The fourth-order valence-corrected chi connectivity index (χ4v) is 4.12. The Labute approximate surface area is 139 Å². The van der Waals surface area contributed by atoms with E-state index in [2.05, 4.69) is 54.9 Å². The molecule has 3 heterocycles. The summed E-state index contributed by atoms with van der Waals surface area (Å²) in [6.45, 7) is 3.05. The van der Waals surface area contributed by atoms with Crippen LogP contribution in [0.15, 0.2) is 39.3 Å². The average molecular weight is 335 g/mol. The molecule has 3 rings (SSSR count). The average Bonchev–Trinajstić information content (AvgIpc) is 3.25. The first kappa shape index (κ1) is 15.4. The highest BCUT2D eigenvalue weighted by atomic mass is 32.1. The maximum absolute atomic E-state index is 4.34. The van der Waals surface area contributed by atoms with Gasteiger partial charge in [-0.05, 0) is 52.7 Å². The number of nitrogens with one attached hydrogen (secondary N) is 2. The van der Waals surface area contributed by atoms with Crippen molar-refractivity contribution in [1.82, 2.24) is 10.6 Å². The first-order valence-electron chi connectivity index (χ1n) is 7.62. The summed E-state index contributed by atoms with van der Waals surface area (Å²) in [6.07, 6.45) is 2.30. The Balaban J connectivity index is 1.44. The van der Waals surface area contributed by atoms with E-state index < -0.39 is 0 Å². The second-order valence-corrected chi connectivity index (χ2v) is 7.12. The number of thiophene rings is 2. The molecule has 0 radical (unpaired) electrons. The topological polar surface area (TPSA) is 39.7 Å². The van der Waals surface area contributed by atoms with Gasteiger partial charge in [-0.1, -0.05) is 0 Å². The zero-order chi connectivity index (χ0) is 15.2. The van der Waals surface area contributed by atoms with Gasteiger partial charge in [0.1, 0.15) is 0 Å². The van der Waals surface area contributed by atoms with E-state index in [0.717, 1.165) is 38.4 Å². The maximum atomic E-state index is 4.34. The third kappa shape index (κ3) is 4.01. The van der Waals surface area contributed by atoms with Crippen molar-refractivity contribution in [3.05, 3.63) is 39.9 Å². The number of guanidine groups is 1.